The summed E-state index contributed by atoms with van der Waals surface area (Å²) in [5.74, 6) is -0.133. The predicted molar refractivity (Wildman–Crippen MR) is 75.9 cm³/mol. The van der Waals surface area contributed by atoms with Crippen LogP contribution in [0.5, 0.6) is 0 Å². The Kier molecular flexibility index (Phi) is 4.88. The van der Waals surface area contributed by atoms with E-state index in [0.717, 1.165) is 15.3 Å². The third-order valence-electron chi connectivity index (χ3n) is 3.31. The lowest BCUT2D eigenvalue weighted by Gasteiger charge is -2.13. The molecular formula is C13H17BrFNS. The smallest absolute Gasteiger partial charge is 0.128 e. The minimum absolute atomic E-state index is 0.133. The maximum Gasteiger partial charge on any atom is 0.128 e. The fraction of sp³-hybridized carbons (Fsp3) is 0.538. The second-order valence-corrected chi connectivity index (χ2v) is 6.54. The van der Waals surface area contributed by atoms with Gasteiger partial charge in [-0.05, 0) is 37.7 Å². The molecule has 94 valence electrons. The van der Waals surface area contributed by atoms with Gasteiger partial charge in [-0.2, -0.15) is 11.8 Å². The second-order valence-electron chi connectivity index (χ2n) is 4.48. The van der Waals surface area contributed by atoms with Crippen molar-refractivity contribution in [2.75, 3.05) is 6.26 Å². The van der Waals surface area contributed by atoms with Gasteiger partial charge in [0.25, 0.3) is 0 Å². The van der Waals surface area contributed by atoms with Gasteiger partial charge in [-0.25, -0.2) is 4.39 Å². The predicted octanol–water partition coefficient (Wildman–Crippen LogP) is 3.96. The van der Waals surface area contributed by atoms with Crippen LogP contribution in [-0.4, -0.2) is 17.5 Å². The summed E-state index contributed by atoms with van der Waals surface area (Å²) in [6, 6.07) is 5.80. The summed E-state index contributed by atoms with van der Waals surface area (Å²) in [5, 5.41) is 4.23. The van der Waals surface area contributed by atoms with Crippen molar-refractivity contribution >= 4 is 27.7 Å². The molecule has 1 nitrogen and oxygen atoms in total. The van der Waals surface area contributed by atoms with Crippen LogP contribution in [0.15, 0.2) is 22.7 Å². The first-order chi connectivity index (χ1) is 8.19. The number of hydrogen-bond donors (Lipinski definition) is 1. The average Bonchev–Trinajstić information content (AvgIpc) is 2.76. The van der Waals surface area contributed by atoms with Gasteiger partial charge in [0.15, 0.2) is 0 Å². The van der Waals surface area contributed by atoms with E-state index in [1.165, 1.54) is 25.3 Å². The molecule has 0 saturated heterocycles. The zero-order valence-electron chi connectivity index (χ0n) is 9.88. The van der Waals surface area contributed by atoms with E-state index in [1.54, 1.807) is 0 Å². The van der Waals surface area contributed by atoms with Crippen molar-refractivity contribution in [3.05, 3.63) is 34.1 Å². The summed E-state index contributed by atoms with van der Waals surface area (Å²) in [6.07, 6.45) is 5.87. The molecule has 1 N–H and O–H groups in total. The fourth-order valence-corrected chi connectivity index (χ4v) is 3.39. The Morgan fingerprint density at radius 3 is 2.94 bits per heavy atom. The third-order valence-corrected chi connectivity index (χ3v) is 4.90. The Bertz CT molecular complexity index is 386. The van der Waals surface area contributed by atoms with Gasteiger partial charge in [0.2, 0.25) is 0 Å². The van der Waals surface area contributed by atoms with Crippen LogP contribution in [0.2, 0.25) is 0 Å². The molecule has 0 amide bonds. The molecule has 1 aliphatic carbocycles. The van der Waals surface area contributed by atoms with Crippen LogP contribution >= 0.6 is 27.7 Å². The van der Waals surface area contributed by atoms with E-state index < -0.39 is 0 Å². The molecule has 1 aliphatic rings. The minimum Gasteiger partial charge on any atom is -0.310 e. The molecular weight excluding hydrogens is 301 g/mol. The average molecular weight is 318 g/mol. The van der Waals surface area contributed by atoms with Crippen molar-refractivity contribution in [3.8, 4) is 0 Å². The van der Waals surface area contributed by atoms with Crippen LogP contribution in [0.4, 0.5) is 4.39 Å². The molecule has 0 aliphatic heterocycles. The van der Waals surface area contributed by atoms with Crippen molar-refractivity contribution in [1.82, 2.24) is 5.32 Å². The highest BCUT2D eigenvalue weighted by atomic mass is 79.9. The van der Waals surface area contributed by atoms with Crippen molar-refractivity contribution in [2.45, 2.75) is 37.1 Å². The van der Waals surface area contributed by atoms with E-state index in [4.69, 9.17) is 0 Å². The summed E-state index contributed by atoms with van der Waals surface area (Å²) in [5.41, 5.74) is 0.751. The topological polar surface area (TPSA) is 12.0 Å². The van der Waals surface area contributed by atoms with Gasteiger partial charge in [0, 0.05) is 27.9 Å². The first kappa shape index (κ1) is 13.4. The van der Waals surface area contributed by atoms with Crippen molar-refractivity contribution < 1.29 is 4.39 Å². The maximum absolute atomic E-state index is 13.6. The van der Waals surface area contributed by atoms with Crippen LogP contribution < -0.4 is 5.32 Å². The van der Waals surface area contributed by atoms with Gasteiger partial charge in [-0.1, -0.05) is 22.0 Å². The number of halogens is 2. The largest absolute Gasteiger partial charge is 0.310 e. The summed E-state index contributed by atoms with van der Waals surface area (Å²) >= 11 is 5.21. The van der Waals surface area contributed by atoms with E-state index in [1.807, 2.05) is 23.9 Å². The zero-order chi connectivity index (χ0) is 12.3. The highest BCUT2D eigenvalue weighted by Crippen LogP contribution is 2.28. The Morgan fingerprint density at radius 2 is 2.29 bits per heavy atom. The summed E-state index contributed by atoms with van der Waals surface area (Å²) in [4.78, 5) is 0. The number of benzene rings is 1. The quantitative estimate of drug-likeness (QED) is 0.902. The van der Waals surface area contributed by atoms with E-state index in [2.05, 4.69) is 27.5 Å². The van der Waals surface area contributed by atoms with Gasteiger partial charge < -0.3 is 5.32 Å². The Morgan fingerprint density at radius 1 is 1.47 bits per heavy atom. The number of thioether (sulfide) groups is 1. The molecule has 2 unspecified atom stereocenters. The summed E-state index contributed by atoms with van der Waals surface area (Å²) in [6.45, 7) is 0.630. The molecule has 1 aromatic carbocycles. The van der Waals surface area contributed by atoms with E-state index >= 15 is 0 Å². The van der Waals surface area contributed by atoms with E-state index in [-0.39, 0.29) is 5.82 Å². The molecule has 1 fully saturated rings. The van der Waals surface area contributed by atoms with Gasteiger partial charge >= 0.3 is 0 Å². The molecule has 2 atom stereocenters. The number of hydrogen-bond acceptors (Lipinski definition) is 2. The Labute approximate surface area is 115 Å². The van der Waals surface area contributed by atoms with Crippen LogP contribution in [0.3, 0.4) is 0 Å². The van der Waals surface area contributed by atoms with E-state index in [0.29, 0.717) is 12.6 Å². The van der Waals surface area contributed by atoms with Crippen LogP contribution in [0.1, 0.15) is 24.8 Å². The SMILES string of the molecule is CSC1CCC(NCc2ccc(Br)cc2F)C1. The lowest BCUT2D eigenvalue weighted by molar-refractivity contribution is 0.509. The van der Waals surface area contributed by atoms with Gasteiger partial charge in [0.1, 0.15) is 5.82 Å². The zero-order valence-corrected chi connectivity index (χ0v) is 12.3. The molecule has 4 heteroatoms. The molecule has 1 saturated carbocycles. The maximum atomic E-state index is 13.6. The number of nitrogens with one attached hydrogen (secondary N) is 1. The third kappa shape index (κ3) is 3.70. The van der Waals surface area contributed by atoms with Crippen LogP contribution in [0.25, 0.3) is 0 Å². The van der Waals surface area contributed by atoms with Crippen molar-refractivity contribution in [1.29, 1.82) is 0 Å². The molecule has 0 bridgehead atoms. The first-order valence-corrected chi connectivity index (χ1v) is 7.97. The van der Waals surface area contributed by atoms with Gasteiger partial charge in [-0.3, -0.25) is 0 Å². The Hall–Kier alpha value is -0.0600. The number of rotatable bonds is 4. The second kappa shape index (κ2) is 6.21. The highest BCUT2D eigenvalue weighted by molar-refractivity contribution is 9.10. The lowest BCUT2D eigenvalue weighted by atomic mass is 10.2. The van der Waals surface area contributed by atoms with Gasteiger partial charge in [-0.15, -0.1) is 0 Å². The minimum atomic E-state index is -0.133. The standard InChI is InChI=1S/C13H17BrFNS/c1-17-12-5-4-11(7-12)16-8-9-2-3-10(14)6-13(9)15/h2-3,6,11-12,16H,4-5,7-8H2,1H3. The molecule has 1 aromatic rings. The van der Waals surface area contributed by atoms with Crippen LogP contribution in [-0.2, 0) is 6.54 Å². The molecule has 0 aromatic heterocycles. The molecule has 0 spiro atoms. The first-order valence-electron chi connectivity index (χ1n) is 5.89. The van der Waals surface area contributed by atoms with Gasteiger partial charge in [0.05, 0.1) is 0 Å². The molecule has 0 heterocycles. The Balaban J connectivity index is 1.86. The monoisotopic (exact) mass is 317 g/mol. The van der Waals surface area contributed by atoms with Crippen molar-refractivity contribution in [2.24, 2.45) is 0 Å². The molecule has 0 radical (unpaired) electrons. The lowest BCUT2D eigenvalue weighted by Crippen LogP contribution is -2.26. The molecule has 2 rings (SSSR count). The highest BCUT2D eigenvalue weighted by Gasteiger charge is 2.23. The van der Waals surface area contributed by atoms with Crippen LogP contribution in [0, 0.1) is 5.82 Å². The summed E-state index contributed by atoms with van der Waals surface area (Å²) < 4.78 is 14.4. The van der Waals surface area contributed by atoms with E-state index in [9.17, 15) is 4.39 Å². The normalized spacial score (nSPS) is 24.2. The molecule has 17 heavy (non-hydrogen) atoms. The van der Waals surface area contributed by atoms with Crippen molar-refractivity contribution in [3.63, 3.8) is 0 Å². The fourth-order valence-electron chi connectivity index (χ4n) is 2.26. The summed E-state index contributed by atoms with van der Waals surface area (Å²) in [7, 11) is 0.